The Morgan fingerprint density at radius 1 is 1.14 bits per heavy atom. The van der Waals surface area contributed by atoms with E-state index in [9.17, 15) is 0 Å². The fraction of sp³-hybridized carbons (Fsp3) is 0.368. The number of anilines is 1. The van der Waals surface area contributed by atoms with Crippen LogP contribution in [-0.4, -0.2) is 12.9 Å². The van der Waals surface area contributed by atoms with E-state index in [1.54, 1.807) is 11.8 Å². The molecule has 1 N–H and O–H groups in total. The molecule has 0 aliphatic carbocycles. The Labute approximate surface area is 136 Å². The van der Waals surface area contributed by atoms with Crippen molar-refractivity contribution in [1.29, 1.82) is 0 Å². The Morgan fingerprint density at radius 2 is 2.00 bits per heavy atom. The SMILES string of the molecule is CSc1ccc2c(c1)C1OCCCC1[C@H](c1ccccc1)N2. The topological polar surface area (TPSA) is 21.3 Å². The van der Waals surface area contributed by atoms with Crippen LogP contribution in [0, 0.1) is 5.92 Å². The van der Waals surface area contributed by atoms with Crippen molar-refractivity contribution in [1.82, 2.24) is 0 Å². The third-order valence-corrected chi connectivity index (χ3v) is 5.56. The molecule has 0 saturated carbocycles. The number of rotatable bonds is 2. The van der Waals surface area contributed by atoms with Crippen LogP contribution in [0.1, 0.15) is 36.1 Å². The van der Waals surface area contributed by atoms with E-state index in [4.69, 9.17) is 4.74 Å². The summed E-state index contributed by atoms with van der Waals surface area (Å²) in [5.74, 6) is 0.515. The van der Waals surface area contributed by atoms with Gasteiger partial charge in [-0.3, -0.25) is 0 Å². The summed E-state index contributed by atoms with van der Waals surface area (Å²) in [6.45, 7) is 0.881. The van der Waals surface area contributed by atoms with Gasteiger partial charge in [-0.05, 0) is 42.9 Å². The van der Waals surface area contributed by atoms with Crippen LogP contribution in [0.15, 0.2) is 53.4 Å². The molecule has 0 spiro atoms. The predicted octanol–water partition coefficient (Wildman–Crippen LogP) is 5.04. The van der Waals surface area contributed by atoms with E-state index in [1.165, 1.54) is 28.1 Å². The van der Waals surface area contributed by atoms with Crippen LogP contribution in [0.5, 0.6) is 0 Å². The molecular formula is C19H21NOS. The van der Waals surface area contributed by atoms with E-state index in [-0.39, 0.29) is 6.10 Å². The molecular weight excluding hydrogens is 290 g/mol. The van der Waals surface area contributed by atoms with Crippen LogP contribution in [-0.2, 0) is 4.74 Å². The molecule has 0 amide bonds. The normalized spacial score (nSPS) is 26.7. The van der Waals surface area contributed by atoms with Gasteiger partial charge in [-0.25, -0.2) is 0 Å². The summed E-state index contributed by atoms with van der Waals surface area (Å²) < 4.78 is 6.21. The van der Waals surface area contributed by atoms with E-state index >= 15 is 0 Å². The third kappa shape index (κ3) is 2.42. The Bertz CT molecular complexity index is 658. The summed E-state index contributed by atoms with van der Waals surface area (Å²) >= 11 is 1.79. The molecule has 0 aromatic heterocycles. The van der Waals surface area contributed by atoms with E-state index in [2.05, 4.69) is 60.1 Å². The van der Waals surface area contributed by atoms with Gasteiger partial charge in [0.25, 0.3) is 0 Å². The van der Waals surface area contributed by atoms with E-state index in [0.29, 0.717) is 12.0 Å². The van der Waals surface area contributed by atoms with Crippen molar-refractivity contribution >= 4 is 17.4 Å². The third-order valence-electron chi connectivity index (χ3n) is 4.83. The fourth-order valence-corrected chi connectivity index (χ4v) is 4.22. The molecule has 114 valence electrons. The Morgan fingerprint density at radius 3 is 2.82 bits per heavy atom. The van der Waals surface area contributed by atoms with Crippen molar-refractivity contribution < 1.29 is 4.74 Å². The molecule has 3 heteroatoms. The molecule has 2 aliphatic rings. The van der Waals surface area contributed by atoms with Crippen LogP contribution in [0.3, 0.4) is 0 Å². The summed E-state index contributed by atoms with van der Waals surface area (Å²) in [4.78, 5) is 1.31. The quantitative estimate of drug-likeness (QED) is 0.785. The van der Waals surface area contributed by atoms with E-state index in [1.807, 2.05) is 0 Å². The molecule has 1 saturated heterocycles. The molecule has 2 unspecified atom stereocenters. The largest absolute Gasteiger partial charge is 0.378 e. The maximum atomic E-state index is 6.21. The van der Waals surface area contributed by atoms with Crippen molar-refractivity contribution in [2.24, 2.45) is 5.92 Å². The second kappa shape index (κ2) is 5.98. The first-order valence-corrected chi connectivity index (χ1v) is 9.20. The summed E-state index contributed by atoms with van der Waals surface area (Å²) in [6.07, 6.45) is 4.73. The smallest absolute Gasteiger partial charge is 0.0896 e. The van der Waals surface area contributed by atoms with Crippen LogP contribution >= 0.6 is 11.8 Å². The lowest BCUT2D eigenvalue weighted by molar-refractivity contribution is -0.0382. The van der Waals surface area contributed by atoms with E-state index < -0.39 is 0 Å². The van der Waals surface area contributed by atoms with Gasteiger partial charge in [0.1, 0.15) is 0 Å². The fourth-order valence-electron chi connectivity index (χ4n) is 3.77. The Balaban J connectivity index is 1.77. The monoisotopic (exact) mass is 311 g/mol. The molecule has 2 aliphatic heterocycles. The first-order chi connectivity index (χ1) is 10.9. The summed E-state index contributed by atoms with van der Waals surface area (Å²) in [6, 6.07) is 17.8. The lowest BCUT2D eigenvalue weighted by atomic mass is 9.77. The van der Waals surface area contributed by atoms with Crippen LogP contribution < -0.4 is 5.32 Å². The summed E-state index contributed by atoms with van der Waals surface area (Å²) in [5.41, 5.74) is 3.93. The number of benzene rings is 2. The van der Waals surface area contributed by atoms with Gasteiger partial charge in [0.15, 0.2) is 0 Å². The zero-order valence-corrected chi connectivity index (χ0v) is 13.6. The minimum atomic E-state index is 0.224. The minimum absolute atomic E-state index is 0.224. The lowest BCUT2D eigenvalue weighted by Gasteiger charge is -2.43. The van der Waals surface area contributed by atoms with Crippen LogP contribution in [0.25, 0.3) is 0 Å². The molecule has 3 atom stereocenters. The molecule has 2 nitrogen and oxygen atoms in total. The van der Waals surface area contributed by atoms with Gasteiger partial charge in [0, 0.05) is 28.7 Å². The number of ether oxygens (including phenoxy) is 1. The maximum Gasteiger partial charge on any atom is 0.0896 e. The number of hydrogen-bond acceptors (Lipinski definition) is 3. The highest BCUT2D eigenvalue weighted by atomic mass is 32.2. The molecule has 2 aromatic carbocycles. The number of hydrogen-bond donors (Lipinski definition) is 1. The van der Waals surface area contributed by atoms with Crippen LogP contribution in [0.4, 0.5) is 5.69 Å². The predicted molar refractivity (Wildman–Crippen MR) is 92.4 cm³/mol. The summed E-state index contributed by atoms with van der Waals surface area (Å²) in [5, 5.41) is 3.77. The molecule has 22 heavy (non-hydrogen) atoms. The van der Waals surface area contributed by atoms with Crippen molar-refractivity contribution in [3.63, 3.8) is 0 Å². The molecule has 2 aromatic rings. The van der Waals surface area contributed by atoms with E-state index in [0.717, 1.165) is 13.0 Å². The molecule has 2 heterocycles. The van der Waals surface area contributed by atoms with Crippen LogP contribution in [0.2, 0.25) is 0 Å². The minimum Gasteiger partial charge on any atom is -0.378 e. The number of nitrogens with one attached hydrogen (secondary N) is 1. The zero-order chi connectivity index (χ0) is 14.9. The molecule has 0 radical (unpaired) electrons. The highest BCUT2D eigenvalue weighted by molar-refractivity contribution is 7.98. The Hall–Kier alpha value is -1.45. The van der Waals surface area contributed by atoms with Crippen molar-refractivity contribution in [3.8, 4) is 0 Å². The van der Waals surface area contributed by atoms with Gasteiger partial charge in [0.2, 0.25) is 0 Å². The van der Waals surface area contributed by atoms with Gasteiger partial charge in [0.05, 0.1) is 12.1 Å². The second-order valence-electron chi connectivity index (χ2n) is 6.08. The average molecular weight is 311 g/mol. The first kappa shape index (κ1) is 14.2. The van der Waals surface area contributed by atoms with Crippen molar-refractivity contribution in [2.75, 3.05) is 18.2 Å². The highest BCUT2D eigenvalue weighted by Gasteiger charge is 2.39. The Kier molecular flexibility index (Phi) is 3.85. The zero-order valence-electron chi connectivity index (χ0n) is 12.8. The summed E-state index contributed by atoms with van der Waals surface area (Å²) in [7, 11) is 0. The van der Waals surface area contributed by atoms with Gasteiger partial charge >= 0.3 is 0 Å². The standard InChI is InChI=1S/C19H21NOS/c1-22-14-9-10-17-16(12-14)19-15(8-5-11-21-19)18(20-17)13-6-3-2-4-7-13/h2-4,6-7,9-10,12,15,18-20H,5,8,11H2,1H3/t15?,18-,19?/m0/s1. The second-order valence-corrected chi connectivity index (χ2v) is 6.96. The van der Waals surface area contributed by atoms with Crippen molar-refractivity contribution in [2.45, 2.75) is 29.9 Å². The molecule has 1 fully saturated rings. The first-order valence-electron chi connectivity index (χ1n) is 7.98. The molecule has 4 rings (SSSR count). The van der Waals surface area contributed by atoms with Gasteiger partial charge in [-0.2, -0.15) is 0 Å². The molecule has 0 bridgehead atoms. The maximum absolute atomic E-state index is 6.21. The lowest BCUT2D eigenvalue weighted by Crippen LogP contribution is -2.36. The highest BCUT2D eigenvalue weighted by Crippen LogP contribution is 2.49. The van der Waals surface area contributed by atoms with Gasteiger partial charge in [-0.15, -0.1) is 11.8 Å². The van der Waals surface area contributed by atoms with Crippen molar-refractivity contribution in [3.05, 3.63) is 59.7 Å². The van der Waals surface area contributed by atoms with Gasteiger partial charge in [-0.1, -0.05) is 30.3 Å². The number of fused-ring (bicyclic) bond motifs is 3. The number of thioether (sulfide) groups is 1. The average Bonchev–Trinajstić information content (AvgIpc) is 2.61. The van der Waals surface area contributed by atoms with Gasteiger partial charge < -0.3 is 10.1 Å².